The number of rotatable bonds is 3. The maximum absolute atomic E-state index is 12.6. The Labute approximate surface area is 123 Å². The van der Waals surface area contributed by atoms with Crippen molar-refractivity contribution in [2.75, 3.05) is 13.1 Å². The highest BCUT2D eigenvalue weighted by atomic mass is 32.2. The summed E-state index contributed by atoms with van der Waals surface area (Å²) in [6.45, 7) is 3.59. The molecule has 2 rings (SSSR count). The second-order valence-electron chi connectivity index (χ2n) is 5.30. The van der Waals surface area contributed by atoms with Crippen molar-refractivity contribution in [2.45, 2.75) is 37.7 Å². The number of nitro benzene ring substituents is 1. The van der Waals surface area contributed by atoms with Crippen LogP contribution in [0.3, 0.4) is 0 Å². The number of nitro groups is 1. The topological polar surface area (TPSA) is 101 Å². The third kappa shape index (κ3) is 3.07. The monoisotopic (exact) mass is 314 g/mol. The summed E-state index contributed by atoms with van der Waals surface area (Å²) in [6, 6.07) is 2.54. The van der Waals surface area contributed by atoms with E-state index in [0.29, 0.717) is 30.5 Å². The molecule has 1 fully saturated rings. The maximum Gasteiger partial charge on any atom is 0.273 e. The Hall–Kier alpha value is -1.51. The van der Waals surface area contributed by atoms with Crippen LogP contribution in [0.15, 0.2) is 17.0 Å². The van der Waals surface area contributed by atoms with Crippen molar-refractivity contribution in [3.8, 4) is 0 Å². The van der Waals surface area contributed by atoms with Crippen LogP contribution in [-0.2, 0) is 10.0 Å². The molecule has 21 heavy (non-hydrogen) atoms. The standard InChI is InChI=1S/C13H18N2O5S/c1-9-6-12(7-13(10(9)2)15(17)18)21(19,20)14-5-3-4-11(16)8-14/h6-7,11,16H,3-5,8H2,1-2H3/t11-/m0/s1. The van der Waals surface area contributed by atoms with Crippen molar-refractivity contribution in [1.29, 1.82) is 0 Å². The normalized spacial score (nSPS) is 20.4. The van der Waals surface area contributed by atoms with Gasteiger partial charge in [-0.2, -0.15) is 4.31 Å². The summed E-state index contributed by atoms with van der Waals surface area (Å²) >= 11 is 0. The van der Waals surface area contributed by atoms with Gasteiger partial charge >= 0.3 is 0 Å². The van der Waals surface area contributed by atoms with Crippen molar-refractivity contribution in [2.24, 2.45) is 0 Å². The maximum atomic E-state index is 12.6. The smallest absolute Gasteiger partial charge is 0.273 e. The average Bonchev–Trinajstić information content (AvgIpc) is 2.41. The SMILES string of the molecule is Cc1cc(S(=O)(=O)N2CCC[C@H](O)C2)cc([N+](=O)[O-])c1C. The van der Waals surface area contributed by atoms with Gasteiger partial charge in [-0.1, -0.05) is 0 Å². The number of sulfonamides is 1. The van der Waals surface area contributed by atoms with Crippen molar-refractivity contribution >= 4 is 15.7 Å². The Balaban J connectivity index is 2.47. The number of benzene rings is 1. The summed E-state index contributed by atoms with van der Waals surface area (Å²) in [5.74, 6) is 0. The van der Waals surface area contributed by atoms with Crippen molar-refractivity contribution in [3.63, 3.8) is 0 Å². The highest BCUT2D eigenvalue weighted by Crippen LogP contribution is 2.28. The highest BCUT2D eigenvalue weighted by molar-refractivity contribution is 7.89. The number of hydrogen-bond donors (Lipinski definition) is 1. The van der Waals surface area contributed by atoms with Gasteiger partial charge < -0.3 is 5.11 Å². The number of aliphatic hydroxyl groups excluding tert-OH is 1. The molecule has 1 aromatic rings. The van der Waals surface area contributed by atoms with Crippen molar-refractivity contribution < 1.29 is 18.4 Å². The van der Waals surface area contributed by atoms with Crippen LogP contribution < -0.4 is 0 Å². The van der Waals surface area contributed by atoms with E-state index in [1.165, 1.54) is 10.4 Å². The first kappa shape index (κ1) is 15.9. The molecule has 1 heterocycles. The Morgan fingerprint density at radius 1 is 1.38 bits per heavy atom. The van der Waals surface area contributed by atoms with Crippen LogP contribution >= 0.6 is 0 Å². The fraction of sp³-hybridized carbons (Fsp3) is 0.538. The minimum absolute atomic E-state index is 0.0308. The Kier molecular flexibility index (Phi) is 4.31. The minimum atomic E-state index is -3.82. The van der Waals surface area contributed by atoms with Gasteiger partial charge in [0.05, 0.1) is 15.9 Å². The molecule has 1 atom stereocenters. The molecular weight excluding hydrogens is 296 g/mol. The molecule has 1 N–H and O–H groups in total. The van der Waals surface area contributed by atoms with Gasteiger partial charge in [0.1, 0.15) is 0 Å². The molecule has 1 aliphatic rings. The van der Waals surface area contributed by atoms with Crippen LogP contribution in [0.5, 0.6) is 0 Å². The van der Waals surface area contributed by atoms with Crippen molar-refractivity contribution in [3.05, 3.63) is 33.4 Å². The van der Waals surface area contributed by atoms with Gasteiger partial charge in [0, 0.05) is 24.7 Å². The molecule has 0 saturated carbocycles. The second-order valence-corrected chi connectivity index (χ2v) is 7.24. The lowest BCUT2D eigenvalue weighted by Gasteiger charge is -2.29. The number of aryl methyl sites for hydroxylation is 1. The van der Waals surface area contributed by atoms with Crippen LogP contribution in [0, 0.1) is 24.0 Å². The van der Waals surface area contributed by atoms with E-state index in [1.807, 2.05) is 0 Å². The largest absolute Gasteiger partial charge is 0.392 e. The molecule has 1 saturated heterocycles. The first-order valence-corrected chi connectivity index (χ1v) is 8.11. The average molecular weight is 314 g/mol. The highest BCUT2D eigenvalue weighted by Gasteiger charge is 2.31. The zero-order valence-corrected chi connectivity index (χ0v) is 12.8. The Bertz CT molecular complexity index is 671. The van der Waals surface area contributed by atoms with Gasteiger partial charge in [-0.25, -0.2) is 8.42 Å². The predicted molar refractivity (Wildman–Crippen MR) is 76.6 cm³/mol. The number of β-amino-alcohol motifs (C(OH)–C–C–N with tert-alkyl or cyclic N) is 1. The first-order chi connectivity index (χ1) is 9.73. The van der Waals surface area contributed by atoms with Gasteiger partial charge in [-0.3, -0.25) is 10.1 Å². The number of aliphatic hydroxyl groups is 1. The summed E-state index contributed by atoms with van der Waals surface area (Å²) in [6.07, 6.45) is 0.460. The summed E-state index contributed by atoms with van der Waals surface area (Å²) < 4.78 is 26.3. The molecule has 0 unspecified atom stereocenters. The summed E-state index contributed by atoms with van der Waals surface area (Å²) in [5.41, 5.74) is 0.809. The lowest BCUT2D eigenvalue weighted by atomic mass is 10.1. The number of piperidine rings is 1. The van der Waals surface area contributed by atoms with Crippen LogP contribution in [0.25, 0.3) is 0 Å². The van der Waals surface area contributed by atoms with Gasteiger partial charge in [0.2, 0.25) is 10.0 Å². The van der Waals surface area contributed by atoms with E-state index in [2.05, 4.69) is 0 Å². The molecule has 0 spiro atoms. The molecule has 1 aromatic carbocycles. The Morgan fingerprint density at radius 2 is 2.05 bits per heavy atom. The fourth-order valence-electron chi connectivity index (χ4n) is 2.44. The van der Waals surface area contributed by atoms with Crippen LogP contribution in [0.1, 0.15) is 24.0 Å². The second kappa shape index (κ2) is 5.70. The van der Waals surface area contributed by atoms with E-state index < -0.39 is 21.1 Å². The lowest BCUT2D eigenvalue weighted by Crippen LogP contribution is -2.42. The van der Waals surface area contributed by atoms with E-state index in [1.54, 1.807) is 13.8 Å². The minimum Gasteiger partial charge on any atom is -0.392 e. The summed E-state index contributed by atoms with van der Waals surface area (Å²) in [7, 11) is -3.82. The van der Waals surface area contributed by atoms with Gasteiger partial charge in [-0.15, -0.1) is 0 Å². The zero-order valence-electron chi connectivity index (χ0n) is 11.9. The van der Waals surface area contributed by atoms with Gasteiger partial charge in [-0.05, 0) is 38.3 Å². The quantitative estimate of drug-likeness (QED) is 0.670. The molecule has 1 aliphatic heterocycles. The molecule has 7 nitrogen and oxygen atoms in total. The number of hydrogen-bond acceptors (Lipinski definition) is 5. The molecule has 0 amide bonds. The summed E-state index contributed by atoms with van der Waals surface area (Å²) in [5, 5.41) is 20.7. The lowest BCUT2D eigenvalue weighted by molar-refractivity contribution is -0.385. The van der Waals surface area contributed by atoms with E-state index in [4.69, 9.17) is 0 Å². The predicted octanol–water partition coefficient (Wildman–Crippen LogP) is 1.36. The van der Waals surface area contributed by atoms with E-state index in [0.717, 1.165) is 6.07 Å². The molecule has 0 radical (unpaired) electrons. The molecule has 0 bridgehead atoms. The summed E-state index contributed by atoms with van der Waals surface area (Å²) in [4.78, 5) is 10.4. The van der Waals surface area contributed by atoms with Crippen LogP contribution in [0.4, 0.5) is 5.69 Å². The third-order valence-corrected chi connectivity index (χ3v) is 5.65. The molecule has 8 heteroatoms. The molecule has 116 valence electrons. The van der Waals surface area contributed by atoms with Gasteiger partial charge in [0.15, 0.2) is 0 Å². The molecule has 0 aliphatic carbocycles. The fourth-order valence-corrected chi connectivity index (χ4v) is 4.06. The third-order valence-electron chi connectivity index (χ3n) is 3.81. The zero-order chi connectivity index (χ0) is 15.8. The molecular formula is C13H18N2O5S. The molecule has 0 aromatic heterocycles. The van der Waals surface area contributed by atoms with Crippen LogP contribution in [-0.4, -0.2) is 41.9 Å². The Morgan fingerprint density at radius 3 is 2.62 bits per heavy atom. The van der Waals surface area contributed by atoms with Crippen LogP contribution in [0.2, 0.25) is 0 Å². The van der Waals surface area contributed by atoms with E-state index in [-0.39, 0.29) is 17.1 Å². The van der Waals surface area contributed by atoms with Gasteiger partial charge in [0.25, 0.3) is 5.69 Å². The number of nitrogens with zero attached hydrogens (tertiary/aromatic N) is 2. The van der Waals surface area contributed by atoms with Crippen molar-refractivity contribution in [1.82, 2.24) is 4.31 Å². The first-order valence-electron chi connectivity index (χ1n) is 6.67. The van der Waals surface area contributed by atoms with E-state index >= 15 is 0 Å². The van der Waals surface area contributed by atoms with E-state index in [9.17, 15) is 23.6 Å².